The second-order valence-corrected chi connectivity index (χ2v) is 11.2. The Kier molecular flexibility index (Phi) is 8.23. The van der Waals surface area contributed by atoms with Gasteiger partial charge in [0.05, 0.1) is 0 Å². The normalized spacial score (nSPS) is 22.3. The third-order valence-electron chi connectivity index (χ3n) is 7.13. The summed E-state index contributed by atoms with van der Waals surface area (Å²) in [5, 5.41) is 0.748. The number of carbonyl (C=O) groups excluding carboxylic acids is 1. The number of piperidine rings is 1. The van der Waals surface area contributed by atoms with Crippen LogP contribution in [0.1, 0.15) is 52.5 Å². The highest BCUT2D eigenvalue weighted by Crippen LogP contribution is 2.29. The molecule has 0 N–H and O–H groups in total. The molecule has 2 fully saturated rings. The second kappa shape index (κ2) is 11.2. The molecule has 2 aliphatic heterocycles. The minimum Gasteiger partial charge on any atom is -0.444 e. The minimum absolute atomic E-state index is 0.153. The van der Waals surface area contributed by atoms with E-state index in [1.165, 1.54) is 5.56 Å². The summed E-state index contributed by atoms with van der Waals surface area (Å²) in [6, 6.07) is 15.1. The maximum Gasteiger partial charge on any atom is 0.410 e. The van der Waals surface area contributed by atoms with Gasteiger partial charge in [-0.2, -0.15) is 0 Å². The average Bonchev–Trinajstić information content (AvgIpc) is 2.85. The van der Waals surface area contributed by atoms with Crippen molar-refractivity contribution in [2.45, 2.75) is 77.1 Å². The Morgan fingerprint density at radius 3 is 2.37 bits per heavy atom. The summed E-state index contributed by atoms with van der Waals surface area (Å²) in [7, 11) is 0. The van der Waals surface area contributed by atoms with Crippen molar-refractivity contribution in [2.24, 2.45) is 0 Å². The zero-order valence-corrected chi connectivity index (χ0v) is 22.2. The summed E-state index contributed by atoms with van der Waals surface area (Å²) in [6.45, 7) is 11.5. The fourth-order valence-corrected chi connectivity index (χ4v) is 5.48. The number of benzene rings is 1. The first-order valence-electron chi connectivity index (χ1n) is 12.9. The van der Waals surface area contributed by atoms with Crippen LogP contribution in [-0.2, 0) is 11.2 Å². The molecule has 7 heteroatoms. The molecule has 6 nitrogen and oxygen atoms in total. The van der Waals surface area contributed by atoms with Gasteiger partial charge in [-0.25, -0.2) is 9.78 Å². The van der Waals surface area contributed by atoms with E-state index in [1.807, 2.05) is 50.1 Å². The summed E-state index contributed by atoms with van der Waals surface area (Å²) in [5.74, 6) is 1.06. The van der Waals surface area contributed by atoms with Crippen molar-refractivity contribution in [2.75, 3.05) is 31.1 Å². The highest BCUT2D eigenvalue weighted by molar-refractivity contribution is 6.30. The topological polar surface area (TPSA) is 48.9 Å². The van der Waals surface area contributed by atoms with Gasteiger partial charge in [0.15, 0.2) is 0 Å². The molecule has 0 unspecified atom stereocenters. The van der Waals surface area contributed by atoms with Gasteiger partial charge in [0.25, 0.3) is 0 Å². The molecule has 0 bridgehead atoms. The van der Waals surface area contributed by atoms with Crippen molar-refractivity contribution >= 4 is 23.5 Å². The van der Waals surface area contributed by atoms with Crippen molar-refractivity contribution in [1.29, 1.82) is 0 Å². The Morgan fingerprint density at radius 1 is 1.06 bits per heavy atom. The quantitative estimate of drug-likeness (QED) is 0.533. The summed E-state index contributed by atoms with van der Waals surface area (Å²) < 4.78 is 5.80. The number of amides is 1. The average molecular weight is 499 g/mol. The first kappa shape index (κ1) is 25.8. The minimum atomic E-state index is -0.503. The lowest BCUT2D eigenvalue weighted by molar-refractivity contribution is -0.0304. The van der Waals surface area contributed by atoms with Crippen LogP contribution in [-0.4, -0.2) is 70.8 Å². The molecule has 0 saturated carbocycles. The molecule has 0 aliphatic carbocycles. The number of carbonyl (C=O) groups is 1. The fraction of sp³-hybridized carbons (Fsp3) is 0.571. The molecule has 0 radical (unpaired) electrons. The van der Waals surface area contributed by atoms with Crippen LogP contribution >= 0.6 is 11.6 Å². The van der Waals surface area contributed by atoms with Gasteiger partial charge in [-0.3, -0.25) is 4.90 Å². The SMILES string of the molecule is CC[C@H]1CN(C2CCN(c3ccccn3)CC2)[C@@H](Cc2ccc(Cl)cc2)CN1C(=O)OC(C)(C)C. The van der Waals surface area contributed by atoms with Crippen LogP contribution in [0.4, 0.5) is 10.6 Å². The van der Waals surface area contributed by atoms with Crippen LogP contribution in [0, 0.1) is 0 Å². The Hall–Kier alpha value is -2.31. The molecule has 2 atom stereocenters. The number of halogens is 1. The smallest absolute Gasteiger partial charge is 0.410 e. The molecule has 190 valence electrons. The predicted molar refractivity (Wildman–Crippen MR) is 142 cm³/mol. The van der Waals surface area contributed by atoms with Crippen LogP contribution < -0.4 is 4.90 Å². The lowest BCUT2D eigenvalue weighted by atomic mass is 9.93. The fourth-order valence-electron chi connectivity index (χ4n) is 5.35. The Morgan fingerprint density at radius 2 is 1.77 bits per heavy atom. The van der Waals surface area contributed by atoms with Gasteiger partial charge in [-0.05, 0) is 76.3 Å². The monoisotopic (exact) mass is 498 g/mol. The number of hydrogen-bond acceptors (Lipinski definition) is 5. The summed E-state index contributed by atoms with van der Waals surface area (Å²) in [4.78, 5) is 24.8. The molecule has 2 aromatic rings. The van der Waals surface area contributed by atoms with Crippen LogP contribution in [0.5, 0.6) is 0 Å². The first-order valence-corrected chi connectivity index (χ1v) is 13.3. The summed E-state index contributed by atoms with van der Waals surface area (Å²) in [6.07, 6.45) is 5.65. The molecular formula is C28H39ClN4O2. The Bertz CT molecular complexity index is 955. The summed E-state index contributed by atoms with van der Waals surface area (Å²) in [5.41, 5.74) is 0.741. The van der Waals surface area contributed by atoms with Crippen LogP contribution in [0.15, 0.2) is 48.7 Å². The molecule has 2 aliphatic rings. The molecule has 2 saturated heterocycles. The van der Waals surface area contributed by atoms with Crippen molar-refractivity contribution < 1.29 is 9.53 Å². The maximum atomic E-state index is 13.2. The molecule has 1 aromatic carbocycles. The highest BCUT2D eigenvalue weighted by Gasteiger charge is 2.40. The van der Waals surface area contributed by atoms with Crippen molar-refractivity contribution in [1.82, 2.24) is 14.8 Å². The third-order valence-corrected chi connectivity index (χ3v) is 7.38. The zero-order valence-electron chi connectivity index (χ0n) is 21.5. The number of hydrogen-bond donors (Lipinski definition) is 0. The van der Waals surface area contributed by atoms with Crippen molar-refractivity contribution in [3.63, 3.8) is 0 Å². The Labute approximate surface area is 215 Å². The predicted octanol–water partition coefficient (Wildman–Crippen LogP) is 5.65. The van der Waals surface area contributed by atoms with Crippen LogP contribution in [0.3, 0.4) is 0 Å². The molecular weight excluding hydrogens is 460 g/mol. The highest BCUT2D eigenvalue weighted by atomic mass is 35.5. The Balaban J connectivity index is 1.51. The van der Waals surface area contributed by atoms with Gasteiger partial charge in [-0.15, -0.1) is 0 Å². The standard InChI is InChI=1S/C28H39ClN4O2/c1-5-23-19-32(24-13-16-31(17-14-24)26-8-6-7-15-30-26)25(18-21-9-11-22(29)12-10-21)20-33(23)27(34)35-28(2,3)4/h6-12,15,23-25H,5,13-14,16-20H2,1-4H3/t23-,25-/m0/s1. The molecule has 1 aromatic heterocycles. The van der Waals surface area contributed by atoms with Gasteiger partial charge in [0, 0.05) is 55.5 Å². The van der Waals surface area contributed by atoms with E-state index in [2.05, 4.69) is 46.0 Å². The number of ether oxygens (including phenoxy) is 1. The number of nitrogens with zero attached hydrogens (tertiary/aromatic N) is 4. The molecule has 3 heterocycles. The van der Waals surface area contributed by atoms with E-state index in [1.54, 1.807) is 0 Å². The van der Waals surface area contributed by atoms with Crippen LogP contribution in [0.25, 0.3) is 0 Å². The van der Waals surface area contributed by atoms with E-state index in [9.17, 15) is 4.79 Å². The largest absolute Gasteiger partial charge is 0.444 e. The molecule has 4 rings (SSSR count). The van der Waals surface area contributed by atoms with Gasteiger partial charge in [0.2, 0.25) is 0 Å². The number of rotatable bonds is 5. The molecule has 1 amide bonds. The van der Waals surface area contributed by atoms with Gasteiger partial charge in [-0.1, -0.05) is 36.7 Å². The second-order valence-electron chi connectivity index (χ2n) is 10.8. The molecule has 35 heavy (non-hydrogen) atoms. The van der Waals surface area contributed by atoms with Crippen molar-refractivity contribution in [3.8, 4) is 0 Å². The first-order chi connectivity index (χ1) is 16.7. The van der Waals surface area contributed by atoms with E-state index in [0.717, 1.165) is 56.2 Å². The number of piperazine rings is 1. The van der Waals surface area contributed by atoms with Crippen LogP contribution in [0.2, 0.25) is 5.02 Å². The van der Waals surface area contributed by atoms with Gasteiger partial charge >= 0.3 is 6.09 Å². The third kappa shape index (κ3) is 6.68. The molecule has 0 spiro atoms. The lowest BCUT2D eigenvalue weighted by Crippen LogP contribution is -2.64. The number of anilines is 1. The van der Waals surface area contributed by atoms with Gasteiger partial charge < -0.3 is 14.5 Å². The summed E-state index contributed by atoms with van der Waals surface area (Å²) >= 11 is 6.14. The zero-order chi connectivity index (χ0) is 25.0. The van der Waals surface area contributed by atoms with E-state index < -0.39 is 5.60 Å². The van der Waals surface area contributed by atoms with E-state index in [-0.39, 0.29) is 18.2 Å². The number of pyridine rings is 1. The van der Waals surface area contributed by atoms with E-state index in [4.69, 9.17) is 16.3 Å². The number of aromatic nitrogens is 1. The van der Waals surface area contributed by atoms with E-state index >= 15 is 0 Å². The maximum absolute atomic E-state index is 13.2. The van der Waals surface area contributed by atoms with Gasteiger partial charge in [0.1, 0.15) is 11.4 Å². The van der Waals surface area contributed by atoms with E-state index in [0.29, 0.717) is 12.6 Å². The van der Waals surface area contributed by atoms with Crippen molar-refractivity contribution in [3.05, 3.63) is 59.2 Å². The lowest BCUT2D eigenvalue weighted by Gasteiger charge is -2.50.